The first kappa shape index (κ1) is 19.9. The van der Waals surface area contributed by atoms with E-state index >= 15 is 0 Å². The van der Waals surface area contributed by atoms with E-state index in [4.69, 9.17) is 0 Å². The van der Waals surface area contributed by atoms with Gasteiger partial charge in [-0.25, -0.2) is 0 Å². The summed E-state index contributed by atoms with van der Waals surface area (Å²) in [6.45, 7) is 10.9. The second-order valence-corrected chi connectivity index (χ2v) is 8.36. The number of hydrogen-bond donors (Lipinski definition) is 1. The van der Waals surface area contributed by atoms with Crippen LogP contribution in [0, 0.1) is 6.92 Å². The Morgan fingerprint density at radius 3 is 1.97 bits per heavy atom. The van der Waals surface area contributed by atoms with Crippen molar-refractivity contribution in [2.24, 2.45) is 0 Å². The summed E-state index contributed by atoms with van der Waals surface area (Å²) in [5.74, 6) is 0. The molecule has 150 valence electrons. The molecule has 0 spiro atoms. The van der Waals surface area contributed by atoms with Crippen LogP contribution >= 0.6 is 0 Å². The first-order valence-corrected chi connectivity index (χ1v) is 11.1. The molecule has 4 aromatic carbocycles. The van der Waals surface area contributed by atoms with Gasteiger partial charge in [0.05, 0.1) is 5.60 Å². The van der Waals surface area contributed by atoms with Crippen molar-refractivity contribution >= 4 is 32.3 Å². The van der Waals surface area contributed by atoms with Gasteiger partial charge in [-0.2, -0.15) is 0 Å². The van der Waals surface area contributed by atoms with E-state index in [1.54, 1.807) is 0 Å². The third kappa shape index (κ3) is 3.04. The van der Waals surface area contributed by atoms with Crippen molar-refractivity contribution in [3.8, 4) is 0 Å². The standard InChI is InChI=1S/C28H32O/c1-6-19-14-21-15-22-17-26(28(29,8-3)9-4)23-12-10-11-13-24(23)27(22)18(5)25(21)16-20(19)7-2/h10-17,29H,6-9H2,1-5H3. The first-order chi connectivity index (χ1) is 14.0. The van der Waals surface area contributed by atoms with Crippen molar-refractivity contribution < 1.29 is 5.11 Å². The molecule has 1 heteroatoms. The van der Waals surface area contributed by atoms with Crippen LogP contribution in [0.2, 0.25) is 0 Å². The highest BCUT2D eigenvalue weighted by atomic mass is 16.3. The van der Waals surface area contributed by atoms with Crippen LogP contribution in [0.25, 0.3) is 32.3 Å². The molecule has 1 N–H and O–H groups in total. The number of rotatable bonds is 5. The van der Waals surface area contributed by atoms with Crippen LogP contribution in [0.3, 0.4) is 0 Å². The quantitative estimate of drug-likeness (QED) is 0.278. The second kappa shape index (κ2) is 7.46. The van der Waals surface area contributed by atoms with Gasteiger partial charge in [0.1, 0.15) is 0 Å². The zero-order chi connectivity index (χ0) is 20.8. The van der Waals surface area contributed by atoms with Crippen LogP contribution in [0.15, 0.2) is 48.5 Å². The Labute approximate surface area is 174 Å². The van der Waals surface area contributed by atoms with E-state index in [-0.39, 0.29) is 0 Å². The molecule has 0 amide bonds. The SMILES string of the molecule is CCc1cc2cc3cc(C(O)(CC)CC)c4ccccc4c3c(C)c2cc1CC. The highest BCUT2D eigenvalue weighted by Crippen LogP contribution is 2.41. The molecule has 0 heterocycles. The number of benzene rings is 4. The Morgan fingerprint density at radius 1 is 0.724 bits per heavy atom. The lowest BCUT2D eigenvalue weighted by Gasteiger charge is -2.28. The average Bonchev–Trinajstić information content (AvgIpc) is 2.77. The van der Waals surface area contributed by atoms with Crippen molar-refractivity contribution in [3.05, 3.63) is 70.8 Å². The van der Waals surface area contributed by atoms with Crippen LogP contribution in [0.1, 0.15) is 62.8 Å². The zero-order valence-corrected chi connectivity index (χ0v) is 18.4. The highest BCUT2D eigenvalue weighted by molar-refractivity contribution is 6.16. The lowest BCUT2D eigenvalue weighted by atomic mass is 9.82. The Bertz CT molecular complexity index is 1210. The van der Waals surface area contributed by atoms with Crippen LogP contribution in [0.5, 0.6) is 0 Å². The van der Waals surface area contributed by atoms with E-state index in [1.165, 1.54) is 49.0 Å². The number of fused-ring (bicyclic) bond motifs is 4. The lowest BCUT2D eigenvalue weighted by Crippen LogP contribution is -2.23. The van der Waals surface area contributed by atoms with Gasteiger partial charge in [-0.05, 0) is 99.3 Å². The van der Waals surface area contributed by atoms with Crippen molar-refractivity contribution in [1.82, 2.24) is 0 Å². The maximum absolute atomic E-state index is 11.4. The van der Waals surface area contributed by atoms with Gasteiger partial charge in [-0.3, -0.25) is 0 Å². The predicted octanol–water partition coefficient (Wildman–Crippen LogP) is 7.59. The maximum Gasteiger partial charge on any atom is 0.0897 e. The third-order valence-corrected chi connectivity index (χ3v) is 6.97. The normalized spacial score (nSPS) is 12.3. The zero-order valence-electron chi connectivity index (χ0n) is 18.4. The summed E-state index contributed by atoms with van der Waals surface area (Å²) in [4.78, 5) is 0. The summed E-state index contributed by atoms with van der Waals surface area (Å²) >= 11 is 0. The third-order valence-electron chi connectivity index (χ3n) is 6.97. The highest BCUT2D eigenvalue weighted by Gasteiger charge is 2.28. The van der Waals surface area contributed by atoms with Gasteiger partial charge in [-0.15, -0.1) is 0 Å². The predicted molar refractivity (Wildman–Crippen MR) is 127 cm³/mol. The van der Waals surface area contributed by atoms with Gasteiger partial charge in [0, 0.05) is 0 Å². The molecule has 0 aliphatic rings. The van der Waals surface area contributed by atoms with Crippen molar-refractivity contribution in [3.63, 3.8) is 0 Å². The molecule has 0 saturated heterocycles. The second-order valence-electron chi connectivity index (χ2n) is 8.36. The molecule has 4 rings (SSSR count). The van der Waals surface area contributed by atoms with Gasteiger partial charge >= 0.3 is 0 Å². The molecule has 0 aliphatic heterocycles. The Hall–Kier alpha value is -2.38. The molecule has 1 nitrogen and oxygen atoms in total. The maximum atomic E-state index is 11.4. The van der Waals surface area contributed by atoms with Crippen LogP contribution in [-0.2, 0) is 18.4 Å². The van der Waals surface area contributed by atoms with Gasteiger partial charge in [0.2, 0.25) is 0 Å². The Morgan fingerprint density at radius 2 is 1.34 bits per heavy atom. The van der Waals surface area contributed by atoms with E-state index in [0.717, 1.165) is 18.4 Å². The monoisotopic (exact) mass is 384 g/mol. The minimum Gasteiger partial charge on any atom is -0.385 e. The fraction of sp³-hybridized carbons (Fsp3) is 0.357. The first-order valence-electron chi connectivity index (χ1n) is 11.1. The number of aryl methyl sites for hydroxylation is 3. The average molecular weight is 385 g/mol. The minimum absolute atomic E-state index is 0.714. The molecule has 0 bridgehead atoms. The molecular formula is C28H32O. The molecule has 0 atom stereocenters. The van der Waals surface area contributed by atoms with Crippen molar-refractivity contribution in [2.75, 3.05) is 0 Å². The summed E-state index contributed by atoms with van der Waals surface area (Å²) in [7, 11) is 0. The number of hydrogen-bond acceptors (Lipinski definition) is 1. The molecular weight excluding hydrogens is 352 g/mol. The van der Waals surface area contributed by atoms with Gasteiger partial charge in [-0.1, -0.05) is 64.1 Å². The van der Waals surface area contributed by atoms with Gasteiger partial charge in [0.25, 0.3) is 0 Å². The fourth-order valence-electron chi connectivity index (χ4n) is 5.06. The van der Waals surface area contributed by atoms with Crippen LogP contribution in [0.4, 0.5) is 0 Å². The Balaban J connectivity index is 2.19. The molecule has 0 saturated carbocycles. The summed E-state index contributed by atoms with van der Waals surface area (Å²) in [6.07, 6.45) is 3.55. The van der Waals surface area contributed by atoms with Crippen LogP contribution in [-0.4, -0.2) is 5.11 Å². The summed E-state index contributed by atoms with van der Waals surface area (Å²) in [6, 6.07) is 17.9. The summed E-state index contributed by atoms with van der Waals surface area (Å²) < 4.78 is 0. The van der Waals surface area contributed by atoms with E-state index in [0.29, 0.717) is 12.8 Å². The van der Waals surface area contributed by atoms with E-state index in [9.17, 15) is 5.11 Å². The summed E-state index contributed by atoms with van der Waals surface area (Å²) in [5.41, 5.74) is 4.50. The molecule has 0 aromatic heterocycles. The fourth-order valence-corrected chi connectivity index (χ4v) is 5.06. The van der Waals surface area contributed by atoms with E-state index in [1.807, 2.05) is 0 Å². The molecule has 0 radical (unpaired) electrons. The molecule has 4 aromatic rings. The van der Waals surface area contributed by atoms with E-state index < -0.39 is 5.60 Å². The van der Waals surface area contributed by atoms with Gasteiger partial charge in [0.15, 0.2) is 0 Å². The molecule has 0 aliphatic carbocycles. The van der Waals surface area contributed by atoms with Crippen LogP contribution < -0.4 is 0 Å². The number of aliphatic hydroxyl groups is 1. The summed E-state index contributed by atoms with van der Waals surface area (Å²) in [5, 5.41) is 19.0. The Kier molecular flexibility index (Phi) is 5.12. The van der Waals surface area contributed by atoms with E-state index in [2.05, 4.69) is 83.1 Å². The minimum atomic E-state index is -0.794. The largest absolute Gasteiger partial charge is 0.385 e. The van der Waals surface area contributed by atoms with Crippen molar-refractivity contribution in [1.29, 1.82) is 0 Å². The molecule has 0 fully saturated rings. The topological polar surface area (TPSA) is 20.2 Å². The van der Waals surface area contributed by atoms with Crippen molar-refractivity contribution in [2.45, 2.75) is 65.9 Å². The smallest absolute Gasteiger partial charge is 0.0897 e. The lowest BCUT2D eigenvalue weighted by molar-refractivity contribution is 0.0300. The van der Waals surface area contributed by atoms with Gasteiger partial charge < -0.3 is 5.11 Å². The molecule has 29 heavy (non-hydrogen) atoms. The molecule has 0 unspecified atom stereocenters.